The molecule has 0 radical (unpaired) electrons. The Bertz CT molecular complexity index is 641. The molecule has 104 valence electrons. The van der Waals surface area contributed by atoms with E-state index in [-0.39, 0.29) is 5.69 Å². The summed E-state index contributed by atoms with van der Waals surface area (Å²) in [6.45, 7) is 2.90. The minimum Gasteiger partial charge on any atom is -0.476 e. The Hall–Kier alpha value is -2.10. The average Bonchev–Trinajstić information content (AvgIpc) is 2.63. The zero-order chi connectivity index (χ0) is 14.1. The zero-order valence-corrected chi connectivity index (χ0v) is 11.6. The molecule has 0 bridgehead atoms. The van der Waals surface area contributed by atoms with E-state index in [0.29, 0.717) is 0 Å². The summed E-state index contributed by atoms with van der Waals surface area (Å²) in [5.74, 6) is -0.131. The van der Waals surface area contributed by atoms with Crippen molar-refractivity contribution in [2.24, 2.45) is 0 Å². The molecule has 1 aromatic heterocycles. The molecule has 2 heterocycles. The number of aryl methyl sites for hydroxylation is 1. The molecule has 1 aromatic carbocycles. The summed E-state index contributed by atoms with van der Waals surface area (Å²) in [6, 6.07) is 8.10. The summed E-state index contributed by atoms with van der Waals surface area (Å²) < 4.78 is 2.10. The first-order valence-electron chi connectivity index (χ1n) is 7.06. The van der Waals surface area contributed by atoms with Gasteiger partial charge in [-0.05, 0) is 26.2 Å². The Morgan fingerprint density at radius 2 is 1.95 bits per heavy atom. The second kappa shape index (κ2) is 5.12. The van der Waals surface area contributed by atoms with Crippen molar-refractivity contribution in [1.29, 1.82) is 0 Å². The van der Waals surface area contributed by atoms with E-state index in [1.54, 1.807) is 0 Å². The number of hydrogen-bond donors (Lipinski definition) is 1. The van der Waals surface area contributed by atoms with Crippen LogP contribution in [0.3, 0.4) is 0 Å². The Morgan fingerprint density at radius 3 is 2.65 bits per heavy atom. The highest BCUT2D eigenvalue weighted by Crippen LogP contribution is 2.27. The number of carboxylic acid groups (broad SMARTS) is 1. The van der Waals surface area contributed by atoms with Gasteiger partial charge in [0.05, 0.1) is 5.69 Å². The Balaban J connectivity index is 2.15. The molecule has 0 amide bonds. The van der Waals surface area contributed by atoms with Crippen LogP contribution in [-0.4, -0.2) is 20.6 Å². The van der Waals surface area contributed by atoms with Crippen LogP contribution in [0.2, 0.25) is 0 Å². The largest absolute Gasteiger partial charge is 0.476 e. The molecule has 0 spiro atoms. The van der Waals surface area contributed by atoms with Crippen LogP contribution in [0.15, 0.2) is 24.3 Å². The Kier molecular flexibility index (Phi) is 3.30. The molecule has 0 fully saturated rings. The third-order valence-corrected chi connectivity index (χ3v) is 3.88. The number of benzene rings is 1. The van der Waals surface area contributed by atoms with Crippen LogP contribution < -0.4 is 0 Å². The first-order valence-corrected chi connectivity index (χ1v) is 7.06. The fourth-order valence-electron chi connectivity index (χ4n) is 2.81. The number of imidazole rings is 1. The standard InChI is InChI=1S/C16H18N2O2/c1-11-6-8-12(9-7-11)15-17-14(16(19)20)13-5-3-2-4-10-18(13)15/h6-9H,2-5,10H2,1H3,(H,19,20). The van der Waals surface area contributed by atoms with E-state index in [2.05, 4.69) is 9.55 Å². The van der Waals surface area contributed by atoms with Gasteiger partial charge in [-0.2, -0.15) is 0 Å². The first-order chi connectivity index (χ1) is 9.66. The lowest BCUT2D eigenvalue weighted by molar-refractivity contribution is 0.0689. The molecule has 20 heavy (non-hydrogen) atoms. The molecule has 1 N–H and O–H groups in total. The van der Waals surface area contributed by atoms with Crippen molar-refractivity contribution in [1.82, 2.24) is 9.55 Å². The fraction of sp³-hybridized carbons (Fsp3) is 0.375. The van der Waals surface area contributed by atoms with Crippen LogP contribution in [0, 0.1) is 6.92 Å². The van der Waals surface area contributed by atoms with Crippen LogP contribution in [0.5, 0.6) is 0 Å². The third kappa shape index (κ3) is 2.22. The summed E-state index contributed by atoms with van der Waals surface area (Å²) in [7, 11) is 0. The zero-order valence-electron chi connectivity index (χ0n) is 11.6. The number of nitrogens with zero attached hydrogens (tertiary/aromatic N) is 2. The lowest BCUT2D eigenvalue weighted by Gasteiger charge is -2.08. The number of rotatable bonds is 2. The average molecular weight is 270 g/mol. The van der Waals surface area contributed by atoms with Gasteiger partial charge in [-0.3, -0.25) is 0 Å². The quantitative estimate of drug-likeness (QED) is 0.911. The van der Waals surface area contributed by atoms with Gasteiger partial charge in [-0.25, -0.2) is 9.78 Å². The minimum atomic E-state index is -0.922. The van der Waals surface area contributed by atoms with Gasteiger partial charge in [0, 0.05) is 12.1 Å². The SMILES string of the molecule is Cc1ccc(-c2nc(C(=O)O)c3n2CCCCC3)cc1. The topological polar surface area (TPSA) is 55.1 Å². The number of carbonyl (C=O) groups is 1. The summed E-state index contributed by atoms with van der Waals surface area (Å²) >= 11 is 0. The maximum Gasteiger partial charge on any atom is 0.356 e. The van der Waals surface area contributed by atoms with E-state index in [1.807, 2.05) is 31.2 Å². The van der Waals surface area contributed by atoms with E-state index >= 15 is 0 Å². The Labute approximate surface area is 118 Å². The van der Waals surface area contributed by atoms with Gasteiger partial charge in [-0.15, -0.1) is 0 Å². The lowest BCUT2D eigenvalue weighted by Crippen LogP contribution is -2.06. The molecule has 1 aliphatic rings. The smallest absolute Gasteiger partial charge is 0.356 e. The molecule has 0 atom stereocenters. The number of aromatic nitrogens is 2. The second-order valence-corrected chi connectivity index (χ2v) is 5.36. The normalized spacial score (nSPS) is 14.7. The first kappa shape index (κ1) is 12.9. The van der Waals surface area contributed by atoms with Gasteiger partial charge >= 0.3 is 5.97 Å². The molecule has 1 aliphatic heterocycles. The van der Waals surface area contributed by atoms with Gasteiger partial charge in [0.15, 0.2) is 5.69 Å². The monoisotopic (exact) mass is 270 g/mol. The maximum atomic E-state index is 11.4. The summed E-state index contributed by atoms with van der Waals surface area (Å²) in [5.41, 5.74) is 3.29. The second-order valence-electron chi connectivity index (χ2n) is 5.36. The molecule has 4 nitrogen and oxygen atoms in total. The minimum absolute atomic E-state index is 0.225. The van der Waals surface area contributed by atoms with E-state index in [9.17, 15) is 9.90 Å². The number of aromatic carboxylic acids is 1. The van der Waals surface area contributed by atoms with Crippen LogP contribution in [0.1, 0.15) is 41.0 Å². The van der Waals surface area contributed by atoms with Crippen LogP contribution in [0.25, 0.3) is 11.4 Å². The fourth-order valence-corrected chi connectivity index (χ4v) is 2.81. The molecule has 3 rings (SSSR count). The molecule has 2 aromatic rings. The van der Waals surface area contributed by atoms with Crippen molar-refractivity contribution >= 4 is 5.97 Å². The molecule has 0 unspecified atom stereocenters. The molecular weight excluding hydrogens is 252 g/mol. The van der Waals surface area contributed by atoms with Gasteiger partial charge in [-0.1, -0.05) is 36.2 Å². The highest BCUT2D eigenvalue weighted by atomic mass is 16.4. The molecule has 0 saturated heterocycles. The van der Waals surface area contributed by atoms with Crippen LogP contribution in [0.4, 0.5) is 0 Å². The highest BCUT2D eigenvalue weighted by molar-refractivity contribution is 5.88. The van der Waals surface area contributed by atoms with Crippen molar-refractivity contribution in [2.75, 3.05) is 0 Å². The maximum absolute atomic E-state index is 11.4. The van der Waals surface area contributed by atoms with Crippen molar-refractivity contribution in [3.8, 4) is 11.4 Å². The van der Waals surface area contributed by atoms with Crippen LogP contribution >= 0.6 is 0 Å². The van der Waals surface area contributed by atoms with E-state index < -0.39 is 5.97 Å². The third-order valence-electron chi connectivity index (χ3n) is 3.88. The summed E-state index contributed by atoms with van der Waals surface area (Å²) in [4.78, 5) is 15.8. The van der Waals surface area contributed by atoms with Crippen LogP contribution in [-0.2, 0) is 13.0 Å². The molecule has 4 heteroatoms. The summed E-state index contributed by atoms with van der Waals surface area (Å²) in [6.07, 6.45) is 4.08. The van der Waals surface area contributed by atoms with Gasteiger partial charge < -0.3 is 9.67 Å². The van der Waals surface area contributed by atoms with E-state index in [1.165, 1.54) is 5.56 Å². The highest BCUT2D eigenvalue weighted by Gasteiger charge is 2.23. The van der Waals surface area contributed by atoms with Crippen molar-refractivity contribution in [2.45, 2.75) is 39.2 Å². The van der Waals surface area contributed by atoms with Crippen molar-refractivity contribution in [3.63, 3.8) is 0 Å². The van der Waals surface area contributed by atoms with Gasteiger partial charge in [0.1, 0.15) is 5.82 Å². The van der Waals surface area contributed by atoms with Gasteiger partial charge in [0.25, 0.3) is 0 Å². The van der Waals surface area contributed by atoms with Gasteiger partial charge in [0.2, 0.25) is 0 Å². The molecule has 0 saturated carbocycles. The lowest BCUT2D eigenvalue weighted by atomic mass is 10.1. The number of carboxylic acids is 1. The van der Waals surface area contributed by atoms with Crippen molar-refractivity contribution in [3.05, 3.63) is 41.2 Å². The number of hydrogen-bond acceptors (Lipinski definition) is 2. The van der Waals surface area contributed by atoms with Crippen molar-refractivity contribution < 1.29 is 9.90 Å². The van der Waals surface area contributed by atoms with E-state index in [4.69, 9.17) is 0 Å². The molecule has 0 aliphatic carbocycles. The van der Waals surface area contributed by atoms with E-state index in [0.717, 1.165) is 49.3 Å². The molecular formula is C16H18N2O2. The predicted molar refractivity (Wildman–Crippen MR) is 76.9 cm³/mol. The predicted octanol–water partition coefficient (Wildman–Crippen LogP) is 3.28. The Morgan fingerprint density at radius 1 is 1.20 bits per heavy atom. The summed E-state index contributed by atoms with van der Waals surface area (Å²) in [5, 5.41) is 9.36. The number of fused-ring (bicyclic) bond motifs is 1.